The van der Waals surface area contributed by atoms with Gasteiger partial charge in [0.05, 0.1) is 29.6 Å². The van der Waals surface area contributed by atoms with Crippen molar-refractivity contribution in [3.63, 3.8) is 0 Å². The molecule has 2 rings (SSSR count). The molecular formula is C20H33NO5. The molecule has 2 N–H and O–H groups in total. The Morgan fingerprint density at radius 2 is 1.77 bits per heavy atom. The summed E-state index contributed by atoms with van der Waals surface area (Å²) in [6, 6.07) is 0. The fourth-order valence-corrected chi connectivity index (χ4v) is 3.91. The van der Waals surface area contributed by atoms with E-state index in [1.807, 2.05) is 13.8 Å². The highest BCUT2D eigenvalue weighted by atomic mass is 16.6. The molecule has 0 saturated carbocycles. The van der Waals surface area contributed by atoms with Crippen LogP contribution in [0, 0.1) is 17.3 Å². The Hall–Kier alpha value is -1.27. The number of fused-ring (bicyclic) bond motifs is 1. The maximum absolute atomic E-state index is 12.8. The molecule has 2 aliphatic rings. The summed E-state index contributed by atoms with van der Waals surface area (Å²) in [5, 5.41) is 13.2. The van der Waals surface area contributed by atoms with E-state index in [0.29, 0.717) is 32.2 Å². The van der Waals surface area contributed by atoms with Gasteiger partial charge in [-0.3, -0.25) is 14.4 Å². The molecule has 2 saturated heterocycles. The zero-order valence-corrected chi connectivity index (χ0v) is 16.6. The number of ether oxygens (including phenoxy) is 1. The molecule has 0 aliphatic carbocycles. The lowest BCUT2D eigenvalue weighted by atomic mass is 9.73. The smallest absolute Gasteiger partial charge is 0.222 e. The van der Waals surface area contributed by atoms with Gasteiger partial charge in [0.2, 0.25) is 5.91 Å². The van der Waals surface area contributed by atoms with Gasteiger partial charge in [0.1, 0.15) is 11.6 Å². The molecule has 6 nitrogen and oxygen atoms in total. The Bertz CT molecular complexity index is 573. The van der Waals surface area contributed by atoms with Gasteiger partial charge in [-0.15, -0.1) is 0 Å². The number of aliphatic hydroxyl groups is 1. The molecule has 148 valence electrons. The second-order valence-electron chi connectivity index (χ2n) is 8.87. The minimum absolute atomic E-state index is 0.0562. The SMILES string of the molecule is CC1CC(C)C(=O)C(C)(C)C(O)CC(=O)NCCC2OC2(C)CCC1=O. The number of amides is 1. The van der Waals surface area contributed by atoms with E-state index in [2.05, 4.69) is 5.32 Å². The Kier molecular flexibility index (Phi) is 6.28. The highest BCUT2D eigenvalue weighted by Gasteiger charge is 2.51. The lowest BCUT2D eigenvalue weighted by Crippen LogP contribution is -2.43. The fourth-order valence-electron chi connectivity index (χ4n) is 3.91. The first kappa shape index (κ1) is 21.0. The third kappa shape index (κ3) is 4.71. The van der Waals surface area contributed by atoms with Crippen molar-refractivity contribution in [2.75, 3.05) is 6.54 Å². The molecule has 0 bridgehead atoms. The van der Waals surface area contributed by atoms with E-state index in [1.165, 1.54) is 0 Å². The van der Waals surface area contributed by atoms with E-state index in [9.17, 15) is 19.5 Å². The summed E-state index contributed by atoms with van der Waals surface area (Å²) in [5.74, 6) is -0.779. The summed E-state index contributed by atoms with van der Waals surface area (Å²) in [6.07, 6.45) is 1.14. The number of nitrogens with one attached hydrogen (secondary N) is 1. The summed E-state index contributed by atoms with van der Waals surface area (Å²) in [6.45, 7) is 9.45. The van der Waals surface area contributed by atoms with E-state index in [1.54, 1.807) is 20.8 Å². The van der Waals surface area contributed by atoms with Gasteiger partial charge in [0, 0.05) is 24.8 Å². The predicted molar refractivity (Wildman–Crippen MR) is 97.5 cm³/mol. The number of ketones is 2. The van der Waals surface area contributed by atoms with Gasteiger partial charge in [0.25, 0.3) is 0 Å². The van der Waals surface area contributed by atoms with Crippen LogP contribution in [0.1, 0.15) is 66.7 Å². The summed E-state index contributed by atoms with van der Waals surface area (Å²) in [7, 11) is 0. The van der Waals surface area contributed by atoms with Crippen LogP contribution in [0.3, 0.4) is 0 Å². The van der Waals surface area contributed by atoms with Crippen LogP contribution in [-0.4, -0.2) is 46.9 Å². The summed E-state index contributed by atoms with van der Waals surface area (Å²) in [4.78, 5) is 37.4. The molecule has 5 atom stereocenters. The molecular weight excluding hydrogens is 334 g/mol. The van der Waals surface area contributed by atoms with Crippen molar-refractivity contribution in [1.82, 2.24) is 5.32 Å². The van der Waals surface area contributed by atoms with Crippen LogP contribution < -0.4 is 5.32 Å². The molecule has 0 aromatic carbocycles. The van der Waals surface area contributed by atoms with Gasteiger partial charge in [0.15, 0.2) is 0 Å². The molecule has 1 amide bonds. The zero-order valence-electron chi connectivity index (χ0n) is 16.6. The average Bonchev–Trinajstić information content (AvgIpc) is 3.21. The van der Waals surface area contributed by atoms with Crippen LogP contribution in [-0.2, 0) is 19.1 Å². The molecule has 2 heterocycles. The summed E-state index contributed by atoms with van der Waals surface area (Å²) >= 11 is 0. The monoisotopic (exact) mass is 367 g/mol. The highest BCUT2D eigenvalue weighted by molar-refractivity contribution is 5.88. The number of rotatable bonds is 0. The fraction of sp³-hybridized carbons (Fsp3) is 0.850. The molecule has 6 heteroatoms. The van der Waals surface area contributed by atoms with E-state index in [4.69, 9.17) is 4.74 Å². The maximum atomic E-state index is 12.8. The predicted octanol–water partition coefficient (Wildman–Crippen LogP) is 2.02. The van der Waals surface area contributed by atoms with Gasteiger partial charge in [-0.25, -0.2) is 0 Å². The lowest BCUT2D eigenvalue weighted by molar-refractivity contribution is -0.139. The van der Waals surface area contributed by atoms with Crippen molar-refractivity contribution in [3.05, 3.63) is 0 Å². The van der Waals surface area contributed by atoms with Crippen LogP contribution in [0.2, 0.25) is 0 Å². The van der Waals surface area contributed by atoms with Crippen LogP contribution in [0.25, 0.3) is 0 Å². The van der Waals surface area contributed by atoms with Crippen LogP contribution >= 0.6 is 0 Å². The topological polar surface area (TPSA) is 96.0 Å². The van der Waals surface area contributed by atoms with Crippen LogP contribution in [0.15, 0.2) is 0 Å². The first-order valence-corrected chi connectivity index (χ1v) is 9.67. The number of carbonyl (C=O) groups is 3. The minimum Gasteiger partial charge on any atom is -0.392 e. The van der Waals surface area contributed by atoms with Gasteiger partial charge < -0.3 is 15.2 Å². The standard InChI is InChI=1S/C20H33NO5/c1-12-10-13(2)18(25)19(3,4)15(23)11-17(24)21-9-7-16-20(5,26-16)8-6-14(12)22/h12-13,15-16,23H,6-11H2,1-5H3,(H,21,24). The van der Waals surface area contributed by atoms with E-state index in [-0.39, 0.29) is 47.4 Å². The summed E-state index contributed by atoms with van der Waals surface area (Å²) in [5.41, 5.74) is -1.32. The van der Waals surface area contributed by atoms with Crippen LogP contribution in [0.4, 0.5) is 0 Å². The molecule has 2 fully saturated rings. The number of epoxide rings is 1. The van der Waals surface area contributed by atoms with Gasteiger partial charge >= 0.3 is 0 Å². The molecule has 0 radical (unpaired) electrons. The third-order valence-corrected chi connectivity index (χ3v) is 6.18. The Morgan fingerprint density at radius 1 is 1.12 bits per heavy atom. The Balaban J connectivity index is 2.13. The number of aliphatic hydroxyl groups excluding tert-OH is 1. The molecule has 2 aliphatic heterocycles. The van der Waals surface area contributed by atoms with Gasteiger partial charge in [-0.2, -0.15) is 0 Å². The molecule has 0 spiro atoms. The summed E-state index contributed by atoms with van der Waals surface area (Å²) < 4.78 is 5.73. The van der Waals surface area contributed by atoms with Crippen molar-refractivity contribution in [3.8, 4) is 0 Å². The van der Waals surface area contributed by atoms with Crippen molar-refractivity contribution in [1.29, 1.82) is 0 Å². The average molecular weight is 367 g/mol. The van der Waals surface area contributed by atoms with Crippen molar-refractivity contribution in [2.45, 2.75) is 84.5 Å². The first-order valence-electron chi connectivity index (χ1n) is 9.67. The quantitative estimate of drug-likeness (QED) is 0.639. The first-order chi connectivity index (χ1) is 12.0. The van der Waals surface area contributed by atoms with Gasteiger partial charge in [-0.05, 0) is 26.2 Å². The minimum atomic E-state index is -1.06. The largest absolute Gasteiger partial charge is 0.392 e. The number of hydrogen-bond acceptors (Lipinski definition) is 5. The van der Waals surface area contributed by atoms with Crippen LogP contribution in [0.5, 0.6) is 0 Å². The number of hydrogen-bond donors (Lipinski definition) is 2. The van der Waals surface area contributed by atoms with Crippen molar-refractivity contribution < 1.29 is 24.2 Å². The Morgan fingerprint density at radius 3 is 2.42 bits per heavy atom. The molecule has 26 heavy (non-hydrogen) atoms. The molecule has 0 aromatic heterocycles. The molecule has 5 unspecified atom stereocenters. The second-order valence-corrected chi connectivity index (χ2v) is 8.87. The Labute approximate surface area is 156 Å². The van der Waals surface area contributed by atoms with E-state index < -0.39 is 11.5 Å². The molecule has 0 aromatic rings. The highest BCUT2D eigenvalue weighted by Crippen LogP contribution is 2.42. The zero-order chi connectivity index (χ0) is 19.7. The maximum Gasteiger partial charge on any atom is 0.222 e. The van der Waals surface area contributed by atoms with E-state index in [0.717, 1.165) is 0 Å². The number of Topliss-reactive ketones (excluding diaryl/α,β-unsaturated/α-hetero) is 2. The van der Waals surface area contributed by atoms with E-state index >= 15 is 0 Å². The van der Waals surface area contributed by atoms with Crippen molar-refractivity contribution >= 4 is 17.5 Å². The van der Waals surface area contributed by atoms with Gasteiger partial charge in [-0.1, -0.05) is 27.7 Å². The normalized spacial score (nSPS) is 39.8. The second kappa shape index (κ2) is 7.77. The third-order valence-electron chi connectivity index (χ3n) is 6.18. The number of carbonyl (C=O) groups excluding carboxylic acids is 3. The lowest BCUT2D eigenvalue weighted by Gasteiger charge is -2.32. The van der Waals surface area contributed by atoms with Crippen molar-refractivity contribution in [2.24, 2.45) is 17.3 Å².